The van der Waals surface area contributed by atoms with E-state index in [1.165, 1.54) is 12.4 Å². The summed E-state index contributed by atoms with van der Waals surface area (Å²) in [6.45, 7) is 4.65. The fourth-order valence-corrected chi connectivity index (χ4v) is 5.13. The molecule has 2 fully saturated rings. The third-order valence-electron chi connectivity index (χ3n) is 6.03. The van der Waals surface area contributed by atoms with Gasteiger partial charge in [0, 0.05) is 19.2 Å². The number of carbonyl (C=O) groups is 5. The summed E-state index contributed by atoms with van der Waals surface area (Å²) >= 11 is 0. The van der Waals surface area contributed by atoms with Crippen LogP contribution in [0.15, 0.2) is 24.5 Å². The Bertz CT molecular complexity index is 1230. The van der Waals surface area contributed by atoms with Crippen molar-refractivity contribution in [3.63, 3.8) is 0 Å². The highest BCUT2D eigenvalue weighted by Crippen LogP contribution is 2.25. The number of aromatic nitrogens is 1. The van der Waals surface area contributed by atoms with Gasteiger partial charge in [-0.2, -0.15) is 0 Å². The van der Waals surface area contributed by atoms with Crippen molar-refractivity contribution in [2.75, 3.05) is 19.4 Å². The van der Waals surface area contributed by atoms with Crippen LogP contribution in [0.1, 0.15) is 52.9 Å². The van der Waals surface area contributed by atoms with Gasteiger partial charge in [-0.25, -0.2) is 18.1 Å². The van der Waals surface area contributed by atoms with E-state index in [1.807, 2.05) is 0 Å². The van der Waals surface area contributed by atoms with Crippen molar-refractivity contribution in [1.29, 1.82) is 0 Å². The van der Waals surface area contributed by atoms with Crippen LogP contribution in [-0.2, 0) is 38.7 Å². The second-order valence-corrected chi connectivity index (χ2v) is 12.4. The Labute approximate surface area is 232 Å². The third kappa shape index (κ3) is 8.71. The standard InChI is InChI=1S/C25H35N5O9S/c1-25(2,3)39-22(33)13-18(20(31)15-38-16-7-5-11-26-14-16)27-23(34)19-8-6-12-29-21(32)10-9-17(24(35)30(19)29)28-40(4,36)37/h5,7,11,14,17-19,28H,6,8-10,12-13,15H2,1-4H3,(H,27,34)/t17-,18-,19-/m0/s1. The monoisotopic (exact) mass is 581 g/mol. The third-order valence-corrected chi connectivity index (χ3v) is 6.74. The lowest BCUT2D eigenvalue weighted by Gasteiger charge is -2.43. The van der Waals surface area contributed by atoms with E-state index in [4.69, 9.17) is 9.47 Å². The molecular formula is C25H35N5O9S. The molecule has 14 nitrogen and oxygen atoms in total. The molecule has 0 saturated carbocycles. The van der Waals surface area contributed by atoms with Gasteiger partial charge < -0.3 is 14.8 Å². The number of rotatable bonds is 10. The smallest absolute Gasteiger partial charge is 0.308 e. The molecule has 3 heterocycles. The van der Waals surface area contributed by atoms with Crippen LogP contribution in [0.2, 0.25) is 0 Å². The molecule has 0 bridgehead atoms. The van der Waals surface area contributed by atoms with Crippen molar-refractivity contribution in [3.05, 3.63) is 24.5 Å². The van der Waals surface area contributed by atoms with Gasteiger partial charge in [0.05, 0.1) is 18.9 Å². The lowest BCUT2D eigenvalue weighted by atomic mass is 10.0. The zero-order chi connectivity index (χ0) is 29.7. The lowest BCUT2D eigenvalue weighted by molar-refractivity contribution is -0.176. The Kier molecular flexibility index (Phi) is 9.84. The molecule has 0 aromatic carbocycles. The highest BCUT2D eigenvalue weighted by Gasteiger charge is 2.45. The van der Waals surface area contributed by atoms with Crippen molar-refractivity contribution in [3.8, 4) is 5.75 Å². The minimum absolute atomic E-state index is 0.0719. The second-order valence-electron chi connectivity index (χ2n) is 10.6. The van der Waals surface area contributed by atoms with E-state index >= 15 is 0 Å². The predicted octanol–water partition coefficient (Wildman–Crippen LogP) is -0.308. The van der Waals surface area contributed by atoms with Gasteiger partial charge in [0.1, 0.15) is 36.1 Å². The number of ether oxygens (including phenoxy) is 2. The molecular weight excluding hydrogens is 546 g/mol. The highest BCUT2D eigenvalue weighted by atomic mass is 32.2. The number of nitrogens with one attached hydrogen (secondary N) is 2. The summed E-state index contributed by atoms with van der Waals surface area (Å²) in [6, 6.07) is -0.636. The van der Waals surface area contributed by atoms with Crippen molar-refractivity contribution < 1.29 is 41.9 Å². The molecule has 3 rings (SSSR count). The van der Waals surface area contributed by atoms with E-state index in [2.05, 4.69) is 15.0 Å². The van der Waals surface area contributed by atoms with Gasteiger partial charge in [-0.05, 0) is 52.2 Å². The molecule has 0 aliphatic carbocycles. The number of nitrogens with zero attached hydrogens (tertiary/aromatic N) is 3. The van der Waals surface area contributed by atoms with Crippen LogP contribution in [0.3, 0.4) is 0 Å². The fraction of sp³-hybridized carbons (Fsp3) is 0.600. The van der Waals surface area contributed by atoms with Crippen molar-refractivity contribution in [2.24, 2.45) is 0 Å². The van der Waals surface area contributed by atoms with Crippen molar-refractivity contribution in [2.45, 2.75) is 76.6 Å². The number of carbonyl (C=O) groups excluding carboxylic acids is 5. The lowest BCUT2D eigenvalue weighted by Crippen LogP contribution is -2.64. The molecule has 15 heteroatoms. The van der Waals surface area contributed by atoms with Crippen LogP contribution in [0.25, 0.3) is 0 Å². The molecule has 1 aromatic rings. The minimum atomic E-state index is -3.80. The highest BCUT2D eigenvalue weighted by molar-refractivity contribution is 7.88. The summed E-state index contributed by atoms with van der Waals surface area (Å²) in [5, 5.41) is 4.66. The first-order chi connectivity index (χ1) is 18.6. The van der Waals surface area contributed by atoms with E-state index in [0.717, 1.165) is 16.3 Å². The number of pyridine rings is 1. The van der Waals surface area contributed by atoms with E-state index in [-0.39, 0.29) is 25.8 Å². The first kappa shape index (κ1) is 30.9. The summed E-state index contributed by atoms with van der Waals surface area (Å²) in [5.74, 6) is -3.05. The number of Topliss-reactive ketones (excluding diaryl/α,β-unsaturated/α-hetero) is 1. The van der Waals surface area contributed by atoms with Gasteiger partial charge in [-0.15, -0.1) is 0 Å². The summed E-state index contributed by atoms with van der Waals surface area (Å²) < 4.78 is 36.7. The number of hydrazine groups is 1. The van der Waals surface area contributed by atoms with Crippen LogP contribution in [0.5, 0.6) is 5.75 Å². The topological polar surface area (TPSA) is 181 Å². The second kappa shape index (κ2) is 12.7. The van der Waals surface area contributed by atoms with Crippen LogP contribution in [-0.4, -0.2) is 96.0 Å². The van der Waals surface area contributed by atoms with Gasteiger partial charge in [0.25, 0.3) is 5.91 Å². The van der Waals surface area contributed by atoms with E-state index < -0.39 is 76.3 Å². The molecule has 220 valence electrons. The number of amides is 3. The Morgan fingerprint density at radius 2 is 1.93 bits per heavy atom. The van der Waals surface area contributed by atoms with Crippen LogP contribution in [0.4, 0.5) is 0 Å². The number of fused-ring (bicyclic) bond motifs is 1. The number of hydrogen-bond acceptors (Lipinski definition) is 10. The first-order valence-electron chi connectivity index (χ1n) is 12.8. The quantitative estimate of drug-likeness (QED) is 0.348. The Morgan fingerprint density at radius 1 is 1.20 bits per heavy atom. The molecule has 3 atom stereocenters. The van der Waals surface area contributed by atoms with Gasteiger partial charge in [-0.3, -0.25) is 34.0 Å². The SMILES string of the molecule is CC(C)(C)OC(=O)C[C@H](NC(=O)[C@@H]1CCCN2C(=O)CC[C@H](NS(C)(=O)=O)C(=O)N12)C(=O)COc1cccnc1. The predicted molar refractivity (Wildman–Crippen MR) is 140 cm³/mol. The van der Waals surface area contributed by atoms with E-state index in [1.54, 1.807) is 32.9 Å². The van der Waals surface area contributed by atoms with Gasteiger partial charge >= 0.3 is 5.97 Å². The normalized spacial score (nSPS) is 20.7. The molecule has 40 heavy (non-hydrogen) atoms. The average Bonchev–Trinajstić information content (AvgIpc) is 2.97. The van der Waals surface area contributed by atoms with Crippen molar-refractivity contribution in [1.82, 2.24) is 25.0 Å². The fourth-order valence-electron chi connectivity index (χ4n) is 4.39. The number of ketones is 1. The number of sulfonamides is 1. The van der Waals surface area contributed by atoms with E-state index in [9.17, 15) is 32.4 Å². The van der Waals surface area contributed by atoms with E-state index in [0.29, 0.717) is 12.2 Å². The maximum Gasteiger partial charge on any atom is 0.308 e. The zero-order valence-corrected chi connectivity index (χ0v) is 23.7. The first-order valence-corrected chi connectivity index (χ1v) is 14.7. The Balaban J connectivity index is 1.82. The number of esters is 1. The number of hydrogen-bond donors (Lipinski definition) is 2. The van der Waals surface area contributed by atoms with Crippen LogP contribution in [0, 0.1) is 0 Å². The molecule has 0 radical (unpaired) electrons. The van der Waals surface area contributed by atoms with Gasteiger partial charge in [0.15, 0.2) is 5.78 Å². The maximum atomic E-state index is 13.5. The summed E-state index contributed by atoms with van der Waals surface area (Å²) in [5.41, 5.74) is -0.842. The Morgan fingerprint density at radius 3 is 2.55 bits per heavy atom. The molecule has 3 amide bonds. The molecule has 2 aliphatic rings. The summed E-state index contributed by atoms with van der Waals surface area (Å²) in [6.07, 6.45) is 3.67. The average molecular weight is 582 g/mol. The van der Waals surface area contributed by atoms with Crippen LogP contribution < -0.4 is 14.8 Å². The molecule has 1 aromatic heterocycles. The van der Waals surface area contributed by atoms with Gasteiger partial charge in [0.2, 0.25) is 21.8 Å². The van der Waals surface area contributed by atoms with Crippen LogP contribution >= 0.6 is 0 Å². The maximum absolute atomic E-state index is 13.5. The van der Waals surface area contributed by atoms with Gasteiger partial charge in [-0.1, -0.05) is 0 Å². The Hall–Kier alpha value is -3.59. The molecule has 2 saturated heterocycles. The molecule has 2 N–H and O–H groups in total. The zero-order valence-electron chi connectivity index (χ0n) is 22.9. The molecule has 0 spiro atoms. The minimum Gasteiger partial charge on any atom is -0.484 e. The summed E-state index contributed by atoms with van der Waals surface area (Å²) in [4.78, 5) is 69.3. The largest absolute Gasteiger partial charge is 0.484 e. The van der Waals surface area contributed by atoms with Crippen molar-refractivity contribution >= 4 is 39.5 Å². The molecule has 2 aliphatic heterocycles. The summed E-state index contributed by atoms with van der Waals surface area (Å²) in [7, 11) is -3.80. The molecule has 0 unspecified atom stereocenters.